The summed E-state index contributed by atoms with van der Waals surface area (Å²) in [5.41, 5.74) is 3.62. The SMILES string of the molecule is Cc1ccc(F)c2ccn(-c3cccc(-c4nnco4)c3)c12. The van der Waals surface area contributed by atoms with E-state index in [1.54, 1.807) is 12.1 Å². The summed E-state index contributed by atoms with van der Waals surface area (Å²) >= 11 is 0. The molecule has 2 heterocycles. The van der Waals surface area contributed by atoms with E-state index in [4.69, 9.17) is 4.42 Å². The van der Waals surface area contributed by atoms with E-state index in [-0.39, 0.29) is 5.82 Å². The molecule has 0 aliphatic heterocycles. The van der Waals surface area contributed by atoms with Crippen LogP contribution in [0.15, 0.2) is 59.5 Å². The maximum absolute atomic E-state index is 14.0. The molecule has 0 fully saturated rings. The summed E-state index contributed by atoms with van der Waals surface area (Å²) in [5, 5.41) is 8.22. The molecule has 4 aromatic rings. The van der Waals surface area contributed by atoms with Crippen LogP contribution in [0.5, 0.6) is 0 Å². The third-order valence-electron chi connectivity index (χ3n) is 3.73. The Kier molecular flexibility index (Phi) is 2.79. The van der Waals surface area contributed by atoms with Crippen molar-refractivity contribution in [1.29, 1.82) is 0 Å². The lowest BCUT2D eigenvalue weighted by atomic mass is 10.1. The van der Waals surface area contributed by atoms with Gasteiger partial charge in [0.05, 0.1) is 5.52 Å². The van der Waals surface area contributed by atoms with Crippen molar-refractivity contribution in [3.8, 4) is 17.1 Å². The van der Waals surface area contributed by atoms with Crippen molar-refractivity contribution in [2.24, 2.45) is 0 Å². The first kappa shape index (κ1) is 12.8. The van der Waals surface area contributed by atoms with Gasteiger partial charge in [-0.2, -0.15) is 0 Å². The van der Waals surface area contributed by atoms with Crippen LogP contribution >= 0.6 is 0 Å². The molecule has 2 aromatic carbocycles. The molecule has 5 heteroatoms. The number of nitrogens with zero attached hydrogens (tertiary/aromatic N) is 3. The van der Waals surface area contributed by atoms with Gasteiger partial charge in [-0.1, -0.05) is 12.1 Å². The highest BCUT2D eigenvalue weighted by Gasteiger charge is 2.11. The lowest BCUT2D eigenvalue weighted by Crippen LogP contribution is -1.95. The zero-order chi connectivity index (χ0) is 15.1. The fourth-order valence-corrected chi connectivity index (χ4v) is 2.70. The molecule has 0 saturated heterocycles. The molecule has 0 saturated carbocycles. The molecule has 4 rings (SSSR count). The highest BCUT2D eigenvalue weighted by Crippen LogP contribution is 2.27. The van der Waals surface area contributed by atoms with Crippen LogP contribution in [0, 0.1) is 12.7 Å². The van der Waals surface area contributed by atoms with E-state index in [1.807, 2.05) is 42.0 Å². The molecule has 0 bridgehead atoms. The predicted molar refractivity (Wildman–Crippen MR) is 81.3 cm³/mol. The largest absolute Gasteiger partial charge is 0.423 e. The van der Waals surface area contributed by atoms with Crippen LogP contribution in [-0.2, 0) is 0 Å². The zero-order valence-corrected chi connectivity index (χ0v) is 11.8. The van der Waals surface area contributed by atoms with Gasteiger partial charge in [0.15, 0.2) is 0 Å². The van der Waals surface area contributed by atoms with Crippen LogP contribution in [-0.4, -0.2) is 14.8 Å². The summed E-state index contributed by atoms with van der Waals surface area (Å²) in [6, 6.07) is 12.8. The number of benzene rings is 2. The van der Waals surface area contributed by atoms with Crippen LogP contribution in [0.25, 0.3) is 28.0 Å². The van der Waals surface area contributed by atoms with E-state index >= 15 is 0 Å². The number of hydrogen-bond acceptors (Lipinski definition) is 3. The number of fused-ring (bicyclic) bond motifs is 1. The molecule has 0 amide bonds. The molecule has 108 valence electrons. The van der Waals surface area contributed by atoms with E-state index in [0.29, 0.717) is 11.3 Å². The van der Waals surface area contributed by atoms with Gasteiger partial charge in [-0.05, 0) is 42.8 Å². The molecular formula is C17H12FN3O. The Morgan fingerprint density at radius 3 is 2.86 bits per heavy atom. The Hall–Kier alpha value is -2.95. The first-order chi connectivity index (χ1) is 10.7. The highest BCUT2D eigenvalue weighted by molar-refractivity contribution is 5.85. The summed E-state index contributed by atoms with van der Waals surface area (Å²) in [6.45, 7) is 1.97. The van der Waals surface area contributed by atoms with Crippen molar-refractivity contribution < 1.29 is 8.81 Å². The van der Waals surface area contributed by atoms with E-state index < -0.39 is 0 Å². The minimum atomic E-state index is -0.215. The van der Waals surface area contributed by atoms with Gasteiger partial charge in [0.2, 0.25) is 12.3 Å². The number of rotatable bonds is 2. The number of halogens is 1. The van der Waals surface area contributed by atoms with Crippen molar-refractivity contribution in [2.45, 2.75) is 6.92 Å². The van der Waals surface area contributed by atoms with Crippen LogP contribution in [0.3, 0.4) is 0 Å². The Balaban J connectivity index is 1.93. The van der Waals surface area contributed by atoms with Crippen LogP contribution in [0.2, 0.25) is 0 Å². The van der Waals surface area contributed by atoms with Gasteiger partial charge in [0.25, 0.3) is 0 Å². The molecule has 0 spiro atoms. The summed E-state index contributed by atoms with van der Waals surface area (Å²) in [7, 11) is 0. The summed E-state index contributed by atoms with van der Waals surface area (Å²) in [6.07, 6.45) is 3.17. The van der Waals surface area contributed by atoms with Gasteiger partial charge in [0, 0.05) is 22.8 Å². The normalized spacial score (nSPS) is 11.2. The third-order valence-corrected chi connectivity index (χ3v) is 3.73. The van der Waals surface area contributed by atoms with Crippen molar-refractivity contribution in [3.05, 3.63) is 66.4 Å². The molecule has 0 aliphatic carbocycles. The monoisotopic (exact) mass is 293 g/mol. The first-order valence-electron chi connectivity index (χ1n) is 6.87. The number of hydrogen-bond donors (Lipinski definition) is 0. The maximum Gasteiger partial charge on any atom is 0.247 e. The van der Waals surface area contributed by atoms with Crippen molar-refractivity contribution in [3.63, 3.8) is 0 Å². The molecular weight excluding hydrogens is 281 g/mol. The van der Waals surface area contributed by atoms with Crippen molar-refractivity contribution >= 4 is 10.9 Å². The Bertz CT molecular complexity index is 957. The number of aryl methyl sites for hydroxylation is 1. The van der Waals surface area contributed by atoms with Gasteiger partial charge < -0.3 is 8.98 Å². The lowest BCUT2D eigenvalue weighted by Gasteiger charge is -2.09. The van der Waals surface area contributed by atoms with Gasteiger partial charge >= 0.3 is 0 Å². The first-order valence-corrected chi connectivity index (χ1v) is 6.87. The fourth-order valence-electron chi connectivity index (χ4n) is 2.70. The minimum Gasteiger partial charge on any atom is -0.423 e. The molecule has 0 radical (unpaired) electrons. The van der Waals surface area contributed by atoms with Crippen LogP contribution < -0.4 is 0 Å². The molecule has 0 aliphatic rings. The summed E-state index contributed by atoms with van der Waals surface area (Å²) < 4.78 is 21.1. The highest BCUT2D eigenvalue weighted by atomic mass is 19.1. The zero-order valence-electron chi connectivity index (χ0n) is 11.8. The van der Waals surface area contributed by atoms with Crippen molar-refractivity contribution in [2.75, 3.05) is 0 Å². The second-order valence-electron chi connectivity index (χ2n) is 5.11. The van der Waals surface area contributed by atoms with Gasteiger partial charge in [-0.3, -0.25) is 0 Å². The Labute approximate surface area is 125 Å². The Morgan fingerprint density at radius 1 is 1.14 bits per heavy atom. The molecule has 0 unspecified atom stereocenters. The lowest BCUT2D eigenvalue weighted by molar-refractivity contribution is 0.568. The average Bonchev–Trinajstić information content (AvgIpc) is 3.20. The van der Waals surface area contributed by atoms with Crippen LogP contribution in [0.1, 0.15) is 5.56 Å². The Morgan fingerprint density at radius 2 is 2.05 bits per heavy atom. The van der Waals surface area contributed by atoms with E-state index in [9.17, 15) is 4.39 Å². The van der Waals surface area contributed by atoms with Crippen molar-refractivity contribution in [1.82, 2.24) is 14.8 Å². The smallest absolute Gasteiger partial charge is 0.247 e. The fraction of sp³-hybridized carbons (Fsp3) is 0.0588. The molecule has 0 atom stereocenters. The second-order valence-corrected chi connectivity index (χ2v) is 5.11. The van der Waals surface area contributed by atoms with Gasteiger partial charge in [-0.25, -0.2) is 4.39 Å². The van der Waals surface area contributed by atoms with E-state index in [0.717, 1.165) is 22.3 Å². The molecule has 22 heavy (non-hydrogen) atoms. The quantitative estimate of drug-likeness (QED) is 0.558. The molecule has 0 N–H and O–H groups in total. The maximum atomic E-state index is 14.0. The third kappa shape index (κ3) is 1.90. The second kappa shape index (κ2) is 4.80. The number of aromatic nitrogens is 3. The van der Waals surface area contributed by atoms with Gasteiger partial charge in [-0.15, -0.1) is 10.2 Å². The standard InChI is InChI=1S/C17H12FN3O/c1-11-5-6-15(18)14-7-8-21(16(11)14)13-4-2-3-12(9-13)17-20-19-10-22-17/h2-10H,1H3. The van der Waals surface area contributed by atoms with E-state index in [2.05, 4.69) is 10.2 Å². The van der Waals surface area contributed by atoms with Crippen LogP contribution in [0.4, 0.5) is 4.39 Å². The summed E-state index contributed by atoms with van der Waals surface area (Å²) in [4.78, 5) is 0. The topological polar surface area (TPSA) is 43.9 Å². The average molecular weight is 293 g/mol. The predicted octanol–water partition coefficient (Wildman–Crippen LogP) is 4.13. The summed E-state index contributed by atoms with van der Waals surface area (Å²) in [5.74, 6) is 0.244. The van der Waals surface area contributed by atoms with E-state index in [1.165, 1.54) is 12.5 Å². The van der Waals surface area contributed by atoms with Gasteiger partial charge in [0.1, 0.15) is 5.82 Å². The molecule has 2 aromatic heterocycles. The molecule has 4 nitrogen and oxygen atoms in total. The minimum absolute atomic E-state index is 0.215.